The molecule has 1 aliphatic heterocycles. The number of nitrogens with one attached hydrogen (secondary N) is 4. The topological polar surface area (TPSA) is 248 Å². The number of anilines is 1. The summed E-state index contributed by atoms with van der Waals surface area (Å²) in [5.74, 6) is -0.0468. The van der Waals surface area contributed by atoms with Crippen LogP contribution in [0.2, 0.25) is 0 Å². The molecule has 0 aliphatic carbocycles. The van der Waals surface area contributed by atoms with Crippen LogP contribution < -0.4 is 20.9 Å². The largest absolute Gasteiger partial charge is 0.395 e. The Hall–Kier alpha value is -3.48. The molecule has 1 saturated heterocycles. The summed E-state index contributed by atoms with van der Waals surface area (Å²) in [4.78, 5) is 5.90. The van der Waals surface area contributed by atoms with Crippen molar-refractivity contribution >= 4 is 37.0 Å². The van der Waals surface area contributed by atoms with E-state index in [1.165, 1.54) is 6.07 Å². The molecule has 17 heteroatoms. The van der Waals surface area contributed by atoms with E-state index in [0.29, 0.717) is 23.0 Å². The number of sulfonamides is 2. The summed E-state index contributed by atoms with van der Waals surface area (Å²) >= 11 is 0. The van der Waals surface area contributed by atoms with Gasteiger partial charge in [-0.1, -0.05) is 18.2 Å². The van der Waals surface area contributed by atoms with Crippen molar-refractivity contribution in [2.24, 2.45) is 5.14 Å². The van der Waals surface area contributed by atoms with E-state index in [-0.39, 0.29) is 42.1 Å². The first-order chi connectivity index (χ1) is 17.1. The summed E-state index contributed by atoms with van der Waals surface area (Å²) in [6, 6.07) is 6.82. The van der Waals surface area contributed by atoms with Gasteiger partial charge in [0, 0.05) is 24.2 Å². The number of nitrogens with zero attached hydrogens (tertiary/aromatic N) is 4. The lowest BCUT2D eigenvalue weighted by atomic mass is 9.98. The molecule has 9 N–H and O–H groups in total. The number of nitrogen functional groups attached to an aromatic ring is 1. The normalized spacial score (nSPS) is 18.7. The lowest BCUT2D eigenvalue weighted by Gasteiger charge is -2.18. The maximum absolute atomic E-state index is 13.4. The predicted molar refractivity (Wildman–Crippen MR) is 128 cm³/mol. The van der Waals surface area contributed by atoms with Crippen molar-refractivity contribution in [1.82, 2.24) is 40.6 Å². The van der Waals surface area contributed by atoms with E-state index in [2.05, 4.69) is 40.6 Å². The Kier molecular flexibility index (Phi) is 5.97. The second-order valence-corrected chi connectivity index (χ2v) is 11.4. The minimum Gasteiger partial charge on any atom is -0.395 e. The van der Waals surface area contributed by atoms with Crippen LogP contribution in [-0.2, 0) is 20.0 Å². The lowest BCUT2D eigenvalue weighted by molar-refractivity contribution is 0.254. The van der Waals surface area contributed by atoms with Crippen molar-refractivity contribution in [3.05, 3.63) is 30.3 Å². The molecule has 4 aromatic rings. The highest BCUT2D eigenvalue weighted by Crippen LogP contribution is 2.40. The third kappa shape index (κ3) is 4.31. The molecule has 0 spiro atoms. The van der Waals surface area contributed by atoms with Gasteiger partial charge in [0.2, 0.25) is 25.9 Å². The summed E-state index contributed by atoms with van der Waals surface area (Å²) in [6.45, 7) is 0.0914. The van der Waals surface area contributed by atoms with E-state index < -0.39 is 35.9 Å². The first-order valence-corrected chi connectivity index (χ1v) is 13.7. The molecule has 0 bridgehead atoms. The molecule has 190 valence electrons. The first-order valence-electron chi connectivity index (χ1n) is 10.6. The molecule has 0 radical (unpaired) electrons. The second-order valence-electron chi connectivity index (χ2n) is 8.26. The number of para-hydroxylation sites is 1. The van der Waals surface area contributed by atoms with E-state index in [1.54, 1.807) is 18.2 Å². The van der Waals surface area contributed by atoms with Crippen LogP contribution in [0.1, 0.15) is 6.42 Å². The number of nitrogens with two attached hydrogens (primary N) is 2. The number of aliphatic hydroxyl groups excluding tert-OH is 1. The number of aliphatic hydroxyl groups is 1. The monoisotopic (exact) mass is 534 g/mol. The molecule has 2 aromatic heterocycles. The number of tetrazole rings is 1. The molecule has 36 heavy (non-hydrogen) atoms. The highest BCUT2D eigenvalue weighted by atomic mass is 32.2. The standard InChI is InChI=1S/C19H22N10O5S2/c20-19-23-13-3-1-2-12(16(13)24-19)11-4-5-14(36(33,34)27-9-6-10(8-30)22-7-9)17(35(21,31)32)15(11)18-25-28-29-26-18/h1-5,9-10,22,27,30H,6-8H2,(H3,20,23,24)(H2,21,31,32)(H,25,26,28,29)/t9-,10-/m1/s1. The zero-order chi connectivity index (χ0) is 25.7. The zero-order valence-electron chi connectivity index (χ0n) is 18.5. The van der Waals surface area contributed by atoms with E-state index in [9.17, 15) is 21.9 Å². The number of hydrogen-bond donors (Lipinski definition) is 7. The minimum absolute atomic E-state index is 0.139. The van der Waals surface area contributed by atoms with Gasteiger partial charge < -0.3 is 21.1 Å². The number of aromatic nitrogens is 6. The molecule has 3 heterocycles. The van der Waals surface area contributed by atoms with Crippen molar-refractivity contribution in [2.45, 2.75) is 28.3 Å². The second kappa shape index (κ2) is 8.87. The fraction of sp³-hybridized carbons (Fsp3) is 0.263. The summed E-state index contributed by atoms with van der Waals surface area (Å²) in [7, 11) is -9.05. The fourth-order valence-electron chi connectivity index (χ4n) is 4.37. The van der Waals surface area contributed by atoms with Crippen molar-refractivity contribution in [3.8, 4) is 22.5 Å². The van der Waals surface area contributed by atoms with Gasteiger partial charge in [0.25, 0.3) is 0 Å². The van der Waals surface area contributed by atoms with E-state index in [4.69, 9.17) is 10.9 Å². The SMILES string of the molecule is Nc1nc2c(-c3ccc(S(=O)(=O)N[C@H]4CN[C@@H](CO)C4)c(S(N)(=O)=O)c3-c3nn[nH]n3)cccc2[nH]1. The Morgan fingerprint density at radius 3 is 2.61 bits per heavy atom. The molecule has 2 atom stereocenters. The highest BCUT2D eigenvalue weighted by Gasteiger charge is 2.35. The molecule has 0 unspecified atom stereocenters. The van der Waals surface area contributed by atoms with Crippen LogP contribution in [0.3, 0.4) is 0 Å². The fourth-order valence-corrected chi connectivity index (χ4v) is 7.22. The van der Waals surface area contributed by atoms with Gasteiger partial charge >= 0.3 is 0 Å². The Morgan fingerprint density at radius 1 is 1.14 bits per heavy atom. The number of imidazole rings is 1. The van der Waals surface area contributed by atoms with E-state index in [0.717, 1.165) is 6.07 Å². The van der Waals surface area contributed by atoms with Crippen molar-refractivity contribution in [1.29, 1.82) is 0 Å². The van der Waals surface area contributed by atoms with Crippen molar-refractivity contribution < 1.29 is 21.9 Å². The predicted octanol–water partition coefficient (Wildman–Crippen LogP) is -1.36. The molecule has 5 rings (SSSR count). The van der Waals surface area contributed by atoms with Crippen molar-refractivity contribution in [2.75, 3.05) is 18.9 Å². The van der Waals surface area contributed by atoms with Crippen LogP contribution in [0.4, 0.5) is 5.95 Å². The number of aromatic amines is 2. The van der Waals surface area contributed by atoms with Crippen LogP contribution in [0.25, 0.3) is 33.5 Å². The lowest BCUT2D eigenvalue weighted by Crippen LogP contribution is -2.37. The summed E-state index contributed by atoms with van der Waals surface area (Å²) in [5, 5.41) is 31.5. The Morgan fingerprint density at radius 2 is 1.94 bits per heavy atom. The van der Waals surface area contributed by atoms with Gasteiger partial charge in [0.1, 0.15) is 9.79 Å². The van der Waals surface area contributed by atoms with Gasteiger partial charge in [0.15, 0.2) is 5.95 Å². The number of primary sulfonamides is 1. The van der Waals surface area contributed by atoms with Gasteiger partial charge in [-0.15, -0.1) is 10.2 Å². The molecule has 1 aliphatic rings. The average molecular weight is 535 g/mol. The van der Waals surface area contributed by atoms with Crippen LogP contribution >= 0.6 is 0 Å². The van der Waals surface area contributed by atoms with Crippen LogP contribution in [-0.4, -0.2) is 77.8 Å². The Balaban J connectivity index is 1.76. The van der Waals surface area contributed by atoms with Crippen LogP contribution in [0, 0.1) is 0 Å². The summed E-state index contributed by atoms with van der Waals surface area (Å²) in [6.07, 6.45) is 0.318. The quantitative estimate of drug-likeness (QED) is 0.146. The van der Waals surface area contributed by atoms with E-state index >= 15 is 0 Å². The number of hydrogen-bond acceptors (Lipinski definition) is 11. The number of rotatable bonds is 7. The number of H-pyrrole nitrogens is 2. The molecule has 0 amide bonds. The third-order valence-electron chi connectivity index (χ3n) is 5.85. The van der Waals surface area contributed by atoms with Gasteiger partial charge in [-0.05, 0) is 29.3 Å². The van der Waals surface area contributed by atoms with Gasteiger partial charge in [-0.25, -0.2) is 31.7 Å². The molecule has 2 aromatic carbocycles. The van der Waals surface area contributed by atoms with Crippen molar-refractivity contribution in [3.63, 3.8) is 0 Å². The van der Waals surface area contributed by atoms with E-state index in [1.807, 2.05) is 0 Å². The van der Waals surface area contributed by atoms with Gasteiger partial charge in [-0.3, -0.25) is 0 Å². The summed E-state index contributed by atoms with van der Waals surface area (Å²) in [5.41, 5.74) is 7.33. The zero-order valence-corrected chi connectivity index (χ0v) is 20.1. The third-order valence-corrected chi connectivity index (χ3v) is 8.54. The van der Waals surface area contributed by atoms with Crippen LogP contribution in [0.5, 0.6) is 0 Å². The molecular weight excluding hydrogens is 512 g/mol. The van der Waals surface area contributed by atoms with Crippen LogP contribution in [0.15, 0.2) is 40.1 Å². The highest BCUT2D eigenvalue weighted by molar-refractivity contribution is 7.92. The smallest absolute Gasteiger partial charge is 0.242 e. The molecule has 0 saturated carbocycles. The average Bonchev–Trinajstić information content (AvgIpc) is 3.57. The molecule has 1 fully saturated rings. The Labute approximate surface area is 204 Å². The van der Waals surface area contributed by atoms with Gasteiger partial charge in [0.05, 0.1) is 23.2 Å². The minimum atomic E-state index is -4.65. The molecular formula is C19H22N10O5S2. The van der Waals surface area contributed by atoms with Gasteiger partial charge in [-0.2, -0.15) is 5.21 Å². The number of fused-ring (bicyclic) bond motifs is 1. The molecule has 15 nitrogen and oxygen atoms in total. The maximum atomic E-state index is 13.4. The summed E-state index contributed by atoms with van der Waals surface area (Å²) < 4.78 is 55.2. The Bertz CT molecular complexity index is 1650. The maximum Gasteiger partial charge on any atom is 0.242 e. The number of benzene rings is 2. The first kappa shape index (κ1) is 24.2.